The van der Waals surface area contributed by atoms with Crippen LogP contribution in [0.1, 0.15) is 0 Å². The Kier molecular flexibility index (Phi) is 7.38. The number of halogens is 2. The van der Waals surface area contributed by atoms with Crippen LogP contribution in [0.2, 0.25) is 10.0 Å². The van der Waals surface area contributed by atoms with E-state index in [1.165, 1.54) is 17.8 Å². The van der Waals surface area contributed by atoms with E-state index in [1.807, 2.05) is 0 Å². The Morgan fingerprint density at radius 2 is 2.03 bits per heavy atom. The number of anilines is 1. The second-order valence-electron chi connectivity index (χ2n) is 6.95. The van der Waals surface area contributed by atoms with Gasteiger partial charge in [-0.1, -0.05) is 41.0 Å². The number of β-lactam (4-membered cyclic amide) rings is 1. The number of amides is 2. The smallest absolute Gasteiger partial charge is 0.353 e. The zero-order valence-corrected chi connectivity index (χ0v) is 20.9. The second-order valence-corrected chi connectivity index (χ2v) is 11.0. The molecular formula is C19H15Cl2N5O5S3. The fourth-order valence-corrected chi connectivity index (χ4v) is 7.25. The number of nitrogen functional groups attached to an aromatic ring is 1. The van der Waals surface area contributed by atoms with E-state index in [9.17, 15) is 24.3 Å². The van der Waals surface area contributed by atoms with Gasteiger partial charge in [-0.3, -0.25) is 19.5 Å². The minimum absolute atomic E-state index is 0.0248. The zero-order chi connectivity index (χ0) is 24.6. The van der Waals surface area contributed by atoms with Gasteiger partial charge in [0, 0.05) is 21.6 Å². The van der Waals surface area contributed by atoms with Crippen LogP contribution in [0.3, 0.4) is 0 Å². The fraction of sp³-hybridized carbons (Fsp3) is 0.211. The van der Waals surface area contributed by atoms with Gasteiger partial charge in [0.25, 0.3) is 5.91 Å². The van der Waals surface area contributed by atoms with Crippen LogP contribution in [0, 0.1) is 0 Å². The van der Waals surface area contributed by atoms with Gasteiger partial charge in [-0.2, -0.15) is 4.98 Å². The number of carboxylic acids is 1. The van der Waals surface area contributed by atoms with Crippen molar-refractivity contribution in [2.75, 3.05) is 17.2 Å². The molecule has 0 aliphatic carbocycles. The molecule has 2 aromatic rings. The highest BCUT2D eigenvalue weighted by Crippen LogP contribution is 2.45. The maximum Gasteiger partial charge on any atom is 0.353 e. The summed E-state index contributed by atoms with van der Waals surface area (Å²) in [7, 11) is 0. The number of hydrogen-bond donors (Lipinski definition) is 4. The fourth-order valence-electron chi connectivity index (χ4n) is 3.27. The number of nitrogens with two attached hydrogens (primary N) is 1. The highest BCUT2D eigenvalue weighted by molar-refractivity contribution is 8.06. The average molecular weight is 560 g/mol. The number of fused-ring (bicyclic) bond motifs is 1. The Balaban J connectivity index is 1.45. The summed E-state index contributed by atoms with van der Waals surface area (Å²) in [4.78, 5) is 56.9. The first-order valence-electron chi connectivity index (χ1n) is 9.47. The summed E-state index contributed by atoms with van der Waals surface area (Å²) in [6.07, 6.45) is 0. The summed E-state index contributed by atoms with van der Waals surface area (Å²) in [5.74, 6) is -1.95. The third kappa shape index (κ3) is 5.03. The van der Waals surface area contributed by atoms with Gasteiger partial charge >= 0.3 is 11.7 Å². The molecule has 34 heavy (non-hydrogen) atoms. The predicted molar refractivity (Wildman–Crippen MR) is 132 cm³/mol. The number of rotatable bonds is 7. The van der Waals surface area contributed by atoms with E-state index in [2.05, 4.69) is 15.3 Å². The van der Waals surface area contributed by atoms with E-state index in [4.69, 9.17) is 28.9 Å². The molecule has 1 fully saturated rings. The molecule has 0 spiro atoms. The molecule has 5 N–H and O–H groups in total. The lowest BCUT2D eigenvalue weighted by atomic mass is 10.1. The van der Waals surface area contributed by atoms with Crippen molar-refractivity contribution < 1.29 is 19.5 Å². The van der Waals surface area contributed by atoms with Crippen molar-refractivity contribution in [1.82, 2.24) is 20.2 Å². The number of carbonyl (C=O) groups excluding carboxylic acids is 2. The summed E-state index contributed by atoms with van der Waals surface area (Å²) in [5, 5.41) is 12.9. The van der Waals surface area contributed by atoms with Crippen molar-refractivity contribution in [2.45, 2.75) is 21.3 Å². The maximum atomic E-state index is 12.8. The summed E-state index contributed by atoms with van der Waals surface area (Å²) >= 11 is 15.6. The topological polar surface area (TPSA) is 158 Å². The molecule has 2 aliphatic heterocycles. The monoisotopic (exact) mass is 559 g/mol. The molecular weight excluding hydrogens is 545 g/mol. The van der Waals surface area contributed by atoms with E-state index in [1.54, 1.807) is 18.2 Å². The standard InChI is InChI=1S/C19H15Cl2N5O5S3/c20-7-2-1-3-8(21)15(7)32-6-11(27)24-13-16(28)26-14(18(29)30)9(5-33-17(13)26)34-12-4-10(22)23-19(31)25-12/h1-4,13,17H,5-6H2,(H,24,27)(H,29,30)(H3,22,23,25,31)/t13-,17?/m1/s1. The molecule has 2 atom stereocenters. The van der Waals surface area contributed by atoms with Crippen LogP contribution >= 0.6 is 58.5 Å². The summed E-state index contributed by atoms with van der Waals surface area (Å²) in [5.41, 5.74) is 4.74. The van der Waals surface area contributed by atoms with Crippen molar-refractivity contribution in [2.24, 2.45) is 0 Å². The van der Waals surface area contributed by atoms with Gasteiger partial charge in [0.1, 0.15) is 28.0 Å². The van der Waals surface area contributed by atoms with Crippen molar-refractivity contribution in [3.8, 4) is 0 Å². The number of aromatic nitrogens is 2. The number of aromatic amines is 1. The number of aliphatic carboxylic acids is 1. The number of carbonyl (C=O) groups is 3. The Labute approximate surface area is 215 Å². The van der Waals surface area contributed by atoms with Crippen LogP contribution in [0.5, 0.6) is 0 Å². The van der Waals surface area contributed by atoms with Crippen LogP contribution in [-0.4, -0.2) is 60.7 Å². The molecule has 0 bridgehead atoms. The quantitative estimate of drug-likeness (QED) is 0.225. The molecule has 1 saturated heterocycles. The van der Waals surface area contributed by atoms with E-state index in [0.29, 0.717) is 19.8 Å². The molecule has 10 nitrogen and oxygen atoms in total. The Bertz CT molecular complexity index is 1270. The molecule has 2 amide bonds. The SMILES string of the molecule is Nc1cc(SC2=C(C(=O)O)N3C(=O)[C@@H](NC(=O)CSc4c(Cl)cccc4Cl)C3SC2)nc(=O)[nH]1. The van der Waals surface area contributed by atoms with Gasteiger partial charge in [-0.15, -0.1) is 23.5 Å². The van der Waals surface area contributed by atoms with Crippen LogP contribution in [0.4, 0.5) is 5.82 Å². The van der Waals surface area contributed by atoms with Crippen molar-refractivity contribution in [3.05, 3.63) is 55.4 Å². The molecule has 1 aromatic carbocycles. The van der Waals surface area contributed by atoms with Crippen LogP contribution in [0.15, 0.2) is 49.6 Å². The largest absolute Gasteiger partial charge is 0.477 e. The van der Waals surface area contributed by atoms with Gasteiger partial charge in [-0.25, -0.2) is 9.59 Å². The Morgan fingerprint density at radius 1 is 1.32 bits per heavy atom. The van der Waals surface area contributed by atoms with E-state index >= 15 is 0 Å². The summed E-state index contributed by atoms with van der Waals surface area (Å²) in [6.45, 7) is 0. The molecule has 1 unspecified atom stereocenters. The highest BCUT2D eigenvalue weighted by atomic mass is 35.5. The number of nitrogens with one attached hydrogen (secondary N) is 2. The first kappa shape index (κ1) is 24.8. The predicted octanol–water partition coefficient (Wildman–Crippen LogP) is 2.24. The minimum atomic E-state index is -1.30. The molecule has 0 radical (unpaired) electrons. The third-order valence-electron chi connectivity index (χ3n) is 4.69. The molecule has 2 aliphatic rings. The van der Waals surface area contributed by atoms with Crippen LogP contribution < -0.4 is 16.7 Å². The summed E-state index contributed by atoms with van der Waals surface area (Å²) < 4.78 is 0. The number of hydrogen-bond acceptors (Lipinski definition) is 9. The van der Waals surface area contributed by atoms with Crippen LogP contribution in [0.25, 0.3) is 0 Å². The average Bonchev–Trinajstić information content (AvgIpc) is 2.76. The van der Waals surface area contributed by atoms with Gasteiger partial charge in [0.2, 0.25) is 5.91 Å². The molecule has 15 heteroatoms. The highest BCUT2D eigenvalue weighted by Gasteiger charge is 2.54. The normalized spacial score (nSPS) is 19.5. The van der Waals surface area contributed by atoms with Gasteiger partial charge in [0.05, 0.1) is 15.8 Å². The van der Waals surface area contributed by atoms with Gasteiger partial charge in [-0.05, 0) is 12.1 Å². The molecule has 1 aromatic heterocycles. The maximum absolute atomic E-state index is 12.8. The van der Waals surface area contributed by atoms with E-state index < -0.39 is 34.9 Å². The van der Waals surface area contributed by atoms with Gasteiger partial charge < -0.3 is 16.2 Å². The summed E-state index contributed by atoms with van der Waals surface area (Å²) in [6, 6.07) is 5.54. The lowest BCUT2D eigenvalue weighted by Gasteiger charge is -2.49. The van der Waals surface area contributed by atoms with Crippen molar-refractivity contribution in [1.29, 1.82) is 0 Å². The first-order valence-corrected chi connectivity index (χ1v) is 13.1. The van der Waals surface area contributed by atoms with E-state index in [-0.39, 0.29) is 28.0 Å². The molecule has 178 valence electrons. The third-order valence-corrected chi connectivity index (χ3v) is 9.14. The molecule has 0 saturated carbocycles. The number of thioether (sulfide) groups is 3. The zero-order valence-electron chi connectivity index (χ0n) is 16.9. The van der Waals surface area contributed by atoms with E-state index in [0.717, 1.165) is 28.4 Å². The second kappa shape index (κ2) is 10.1. The number of nitrogens with zero attached hydrogens (tertiary/aromatic N) is 2. The van der Waals surface area contributed by atoms with Crippen molar-refractivity contribution >= 4 is 82.1 Å². The van der Waals surface area contributed by atoms with Crippen LogP contribution in [-0.2, 0) is 14.4 Å². The molecule has 4 rings (SSSR count). The number of H-pyrrole nitrogens is 1. The Hall–Kier alpha value is -2.32. The van der Waals surface area contributed by atoms with Gasteiger partial charge in [0.15, 0.2) is 0 Å². The number of carboxylic acid groups (broad SMARTS) is 1. The Morgan fingerprint density at radius 3 is 2.68 bits per heavy atom. The van der Waals surface area contributed by atoms with Crippen molar-refractivity contribution in [3.63, 3.8) is 0 Å². The number of benzene rings is 1. The minimum Gasteiger partial charge on any atom is -0.477 e. The lowest BCUT2D eigenvalue weighted by Crippen LogP contribution is -2.70. The lowest BCUT2D eigenvalue weighted by molar-refractivity contribution is -0.150. The first-order chi connectivity index (χ1) is 16.2. The molecule has 3 heterocycles.